The van der Waals surface area contributed by atoms with Crippen molar-refractivity contribution >= 4 is 34.8 Å². The van der Waals surface area contributed by atoms with Crippen molar-refractivity contribution in [3.05, 3.63) is 71.3 Å². The number of hydrogen-bond donors (Lipinski definition) is 1. The Hall–Kier alpha value is -2.44. The molecule has 146 valence electrons. The van der Waals surface area contributed by atoms with Crippen LogP contribution in [0, 0.1) is 20.8 Å². The van der Waals surface area contributed by atoms with Crippen molar-refractivity contribution in [1.82, 2.24) is 0 Å². The molecular formula is C22H23NO3S2. The molecule has 0 aliphatic rings. The smallest absolute Gasteiger partial charge is 0.313 e. The summed E-state index contributed by atoms with van der Waals surface area (Å²) in [4.78, 5) is 13.3. The largest absolute Gasteiger partial charge is 0.415 e. The van der Waals surface area contributed by atoms with Crippen LogP contribution in [-0.4, -0.2) is 16.7 Å². The van der Waals surface area contributed by atoms with Crippen molar-refractivity contribution in [2.75, 3.05) is 10.8 Å². The summed E-state index contributed by atoms with van der Waals surface area (Å²) in [7, 11) is 0. The Kier molecular flexibility index (Phi) is 6.65. The minimum Gasteiger partial charge on any atom is -0.415 e. The zero-order valence-electron chi connectivity index (χ0n) is 16.1. The van der Waals surface area contributed by atoms with Crippen LogP contribution in [0.15, 0.2) is 54.6 Å². The van der Waals surface area contributed by atoms with Crippen molar-refractivity contribution in [2.24, 2.45) is 0 Å². The van der Waals surface area contributed by atoms with Crippen LogP contribution in [0.2, 0.25) is 0 Å². The van der Waals surface area contributed by atoms with E-state index in [1.807, 2.05) is 49.4 Å². The molecule has 3 rings (SSSR count). The highest BCUT2D eigenvalue weighted by molar-refractivity contribution is 7.67. The minimum atomic E-state index is -0.337. The standard InChI is InChI=1S/C22H23NO3S2/c1-15-7-9-18(10-8-15)23(28-25)14-13-20(24)26-21-12-11-19(27-21)22-16(2)5-4-6-17(22)3/h4-12,28H,13-14H2,1-3H3. The maximum Gasteiger partial charge on any atom is 0.313 e. The third kappa shape index (κ3) is 4.88. The van der Waals surface area contributed by atoms with Crippen molar-refractivity contribution in [1.29, 1.82) is 0 Å². The molecule has 0 spiro atoms. The summed E-state index contributed by atoms with van der Waals surface area (Å²) >= 11 is 1.32. The average Bonchev–Trinajstić information content (AvgIpc) is 3.11. The van der Waals surface area contributed by atoms with Crippen LogP contribution >= 0.6 is 11.3 Å². The van der Waals surface area contributed by atoms with Gasteiger partial charge in [-0.15, -0.1) is 0 Å². The fraction of sp³-hybridized carbons (Fsp3) is 0.227. The predicted octanol–water partition coefficient (Wildman–Crippen LogP) is 5.00. The summed E-state index contributed by atoms with van der Waals surface area (Å²) in [6.45, 7) is 6.47. The Balaban J connectivity index is 1.62. The number of benzene rings is 2. The Labute approximate surface area is 173 Å². The number of anilines is 1. The SMILES string of the molecule is Cc1ccc(N(CCC(=O)Oc2ccc(-c3c(C)cccc3C)s2)[SH]=O)cc1. The van der Waals surface area contributed by atoms with Gasteiger partial charge in [0.2, 0.25) is 0 Å². The third-order valence-corrected chi connectivity index (χ3v) is 6.09. The average molecular weight is 414 g/mol. The normalized spacial score (nSPS) is 10.7. The van der Waals surface area contributed by atoms with E-state index in [0.29, 0.717) is 11.6 Å². The zero-order chi connectivity index (χ0) is 20.1. The number of thiol groups is 1. The van der Waals surface area contributed by atoms with E-state index in [1.165, 1.54) is 28.0 Å². The highest BCUT2D eigenvalue weighted by atomic mass is 32.2. The first-order chi connectivity index (χ1) is 13.5. The van der Waals surface area contributed by atoms with Crippen molar-refractivity contribution in [3.63, 3.8) is 0 Å². The Bertz CT molecular complexity index is 959. The summed E-state index contributed by atoms with van der Waals surface area (Å²) < 4.78 is 18.6. The van der Waals surface area contributed by atoms with Crippen molar-refractivity contribution < 1.29 is 13.7 Å². The molecule has 0 unspecified atom stereocenters. The van der Waals surface area contributed by atoms with Gasteiger partial charge in [-0.2, -0.15) is 0 Å². The summed E-state index contributed by atoms with van der Waals surface area (Å²) in [5.74, 6) is -0.337. The van der Waals surface area contributed by atoms with E-state index in [0.717, 1.165) is 16.1 Å². The summed E-state index contributed by atoms with van der Waals surface area (Å²) in [6.07, 6.45) is 0.153. The number of nitrogens with zero attached hydrogens (tertiary/aromatic N) is 1. The topological polar surface area (TPSA) is 46.6 Å². The molecule has 0 aliphatic heterocycles. The van der Waals surface area contributed by atoms with Gasteiger partial charge in [-0.1, -0.05) is 47.2 Å². The van der Waals surface area contributed by atoms with E-state index in [4.69, 9.17) is 4.74 Å². The first-order valence-corrected chi connectivity index (χ1v) is 10.6. The Morgan fingerprint density at radius 3 is 2.32 bits per heavy atom. The number of carbonyl (C=O) groups is 1. The predicted molar refractivity (Wildman–Crippen MR) is 118 cm³/mol. The van der Waals surface area contributed by atoms with Crippen LogP contribution in [-0.2, 0) is 16.6 Å². The summed E-state index contributed by atoms with van der Waals surface area (Å²) in [6, 6.07) is 17.7. The lowest BCUT2D eigenvalue weighted by atomic mass is 10.0. The molecule has 0 aliphatic carbocycles. The molecule has 28 heavy (non-hydrogen) atoms. The number of thiophene rings is 1. The van der Waals surface area contributed by atoms with E-state index >= 15 is 0 Å². The van der Waals surface area contributed by atoms with Gasteiger partial charge >= 0.3 is 5.97 Å². The second kappa shape index (κ2) is 9.17. The molecule has 0 atom stereocenters. The molecule has 2 aromatic carbocycles. The van der Waals surface area contributed by atoms with Crippen LogP contribution in [0.3, 0.4) is 0 Å². The molecule has 0 amide bonds. The number of hydrogen-bond acceptors (Lipinski definition) is 4. The van der Waals surface area contributed by atoms with Crippen molar-refractivity contribution in [3.8, 4) is 15.5 Å². The van der Waals surface area contributed by atoms with Crippen LogP contribution in [0.1, 0.15) is 23.1 Å². The Morgan fingerprint density at radius 2 is 1.68 bits per heavy atom. The molecule has 0 bridgehead atoms. The second-order valence-electron chi connectivity index (χ2n) is 6.65. The van der Waals surface area contributed by atoms with Gasteiger partial charge in [-0.05, 0) is 61.7 Å². The van der Waals surface area contributed by atoms with E-state index in [9.17, 15) is 9.00 Å². The first kappa shape index (κ1) is 20.3. The van der Waals surface area contributed by atoms with E-state index in [-0.39, 0.29) is 24.2 Å². The van der Waals surface area contributed by atoms with Gasteiger partial charge in [0.25, 0.3) is 0 Å². The van der Waals surface area contributed by atoms with Gasteiger partial charge in [0, 0.05) is 17.1 Å². The lowest BCUT2D eigenvalue weighted by Gasteiger charge is -2.16. The van der Waals surface area contributed by atoms with Gasteiger partial charge in [0.15, 0.2) is 5.06 Å². The monoisotopic (exact) mass is 413 g/mol. The van der Waals surface area contributed by atoms with Gasteiger partial charge in [-0.3, -0.25) is 9.10 Å². The molecule has 0 fully saturated rings. The molecule has 0 saturated carbocycles. The summed E-state index contributed by atoms with van der Waals surface area (Å²) in [5, 5.41) is 0.573. The van der Waals surface area contributed by atoms with Crippen LogP contribution in [0.25, 0.3) is 10.4 Å². The van der Waals surface area contributed by atoms with E-state index in [2.05, 4.69) is 26.0 Å². The van der Waals surface area contributed by atoms with Crippen LogP contribution in [0.4, 0.5) is 5.69 Å². The molecule has 6 heteroatoms. The lowest BCUT2D eigenvalue weighted by molar-refractivity contribution is -0.133. The van der Waals surface area contributed by atoms with Gasteiger partial charge < -0.3 is 4.74 Å². The molecule has 1 aromatic heterocycles. The number of ether oxygens (including phenoxy) is 1. The van der Waals surface area contributed by atoms with Crippen LogP contribution < -0.4 is 9.04 Å². The molecule has 0 N–H and O–H groups in total. The van der Waals surface area contributed by atoms with Gasteiger partial charge in [0.1, 0.15) is 11.9 Å². The fourth-order valence-corrected chi connectivity index (χ4v) is 4.46. The first-order valence-electron chi connectivity index (χ1n) is 9.02. The third-order valence-electron chi connectivity index (χ3n) is 4.48. The summed E-state index contributed by atoms with van der Waals surface area (Å²) in [5.41, 5.74) is 5.52. The molecule has 1 heterocycles. The number of rotatable bonds is 7. The van der Waals surface area contributed by atoms with Crippen LogP contribution in [0.5, 0.6) is 5.06 Å². The van der Waals surface area contributed by atoms with Crippen molar-refractivity contribution in [2.45, 2.75) is 27.2 Å². The molecule has 4 nitrogen and oxygen atoms in total. The Morgan fingerprint density at radius 1 is 1.00 bits per heavy atom. The fourth-order valence-electron chi connectivity index (χ4n) is 3.01. The number of carbonyl (C=O) groups excluding carboxylic acids is 1. The minimum absolute atomic E-state index is 0.145. The maximum absolute atomic E-state index is 12.3. The van der Waals surface area contributed by atoms with E-state index in [1.54, 1.807) is 4.31 Å². The lowest BCUT2D eigenvalue weighted by Crippen LogP contribution is -2.23. The second-order valence-corrected chi connectivity index (χ2v) is 8.34. The molecular weight excluding hydrogens is 390 g/mol. The molecule has 0 saturated heterocycles. The number of aryl methyl sites for hydroxylation is 3. The molecule has 0 radical (unpaired) electrons. The maximum atomic E-state index is 12.3. The highest BCUT2D eigenvalue weighted by Crippen LogP contribution is 2.36. The number of esters is 1. The quantitative estimate of drug-likeness (QED) is 0.438. The zero-order valence-corrected chi connectivity index (χ0v) is 17.8. The highest BCUT2D eigenvalue weighted by Gasteiger charge is 2.13. The van der Waals surface area contributed by atoms with Gasteiger partial charge in [0.05, 0.1) is 6.42 Å². The van der Waals surface area contributed by atoms with Gasteiger partial charge in [-0.25, -0.2) is 4.21 Å². The van der Waals surface area contributed by atoms with E-state index < -0.39 is 0 Å². The molecule has 3 aromatic rings.